The fraction of sp³-hybridized carbons (Fsp3) is 0.500. The molecule has 0 aliphatic heterocycles. The number of imidazole rings is 1. The van der Waals surface area contributed by atoms with E-state index in [0.29, 0.717) is 12.0 Å². The van der Waals surface area contributed by atoms with E-state index in [-0.39, 0.29) is 0 Å². The topological polar surface area (TPSA) is 43.8 Å². The van der Waals surface area contributed by atoms with Crippen molar-refractivity contribution in [2.75, 3.05) is 5.73 Å². The third kappa shape index (κ3) is 2.14. The second-order valence-electron chi connectivity index (χ2n) is 5.30. The summed E-state index contributed by atoms with van der Waals surface area (Å²) in [5.41, 5.74) is 8.85. The maximum Gasteiger partial charge on any atom is 0.112 e. The second-order valence-corrected chi connectivity index (χ2v) is 5.30. The average Bonchev–Trinajstić information content (AvgIpc) is 2.56. The number of nitrogens with two attached hydrogens (primary N) is 1. The Kier molecular flexibility index (Phi) is 3.09. The molecule has 2 rings (SSSR count). The lowest BCUT2D eigenvalue weighted by molar-refractivity contribution is 0.540. The van der Waals surface area contributed by atoms with Crippen molar-refractivity contribution in [3.8, 4) is 0 Å². The molecule has 0 saturated heterocycles. The normalized spacial score (nSPS) is 11.9. The summed E-state index contributed by atoms with van der Waals surface area (Å²) in [6.07, 6.45) is 0.992. The van der Waals surface area contributed by atoms with Crippen LogP contribution in [0.25, 0.3) is 11.0 Å². The van der Waals surface area contributed by atoms with Gasteiger partial charge >= 0.3 is 0 Å². The van der Waals surface area contributed by atoms with E-state index in [1.165, 1.54) is 0 Å². The molecule has 0 aliphatic rings. The highest BCUT2D eigenvalue weighted by Crippen LogP contribution is 2.26. The molecule has 2 N–H and O–H groups in total. The summed E-state index contributed by atoms with van der Waals surface area (Å²) in [4.78, 5) is 4.71. The minimum Gasteiger partial charge on any atom is -0.397 e. The fourth-order valence-corrected chi connectivity index (χ4v) is 2.27. The number of nitrogen functional groups attached to an aromatic ring is 1. The molecule has 0 atom stereocenters. The molecule has 1 aromatic heterocycles. The zero-order chi connectivity index (χ0) is 12.6. The molecular formula is C14H21N3. The van der Waals surface area contributed by atoms with Gasteiger partial charge < -0.3 is 10.3 Å². The van der Waals surface area contributed by atoms with Crippen LogP contribution in [-0.2, 0) is 6.42 Å². The smallest absolute Gasteiger partial charge is 0.112 e. The summed E-state index contributed by atoms with van der Waals surface area (Å²) >= 11 is 0. The van der Waals surface area contributed by atoms with Crippen LogP contribution in [0.2, 0.25) is 0 Å². The number of hydrogen-bond donors (Lipinski definition) is 1. The van der Waals surface area contributed by atoms with Gasteiger partial charge in [-0.25, -0.2) is 4.98 Å². The Morgan fingerprint density at radius 3 is 2.53 bits per heavy atom. The summed E-state index contributed by atoms with van der Waals surface area (Å²) in [5.74, 6) is 1.74. The minimum absolute atomic E-state index is 0.413. The van der Waals surface area contributed by atoms with Crippen molar-refractivity contribution in [2.24, 2.45) is 5.92 Å². The molecule has 2 aromatic rings. The lowest BCUT2D eigenvalue weighted by atomic mass is 10.1. The van der Waals surface area contributed by atoms with Gasteiger partial charge in [-0.05, 0) is 31.9 Å². The Balaban J connectivity index is 2.66. The number of fused-ring (bicyclic) bond motifs is 1. The molecule has 1 aromatic carbocycles. The summed E-state index contributed by atoms with van der Waals surface area (Å²) < 4.78 is 2.30. The van der Waals surface area contributed by atoms with Gasteiger partial charge in [0.05, 0.1) is 11.2 Å². The van der Waals surface area contributed by atoms with Crippen LogP contribution in [0.3, 0.4) is 0 Å². The van der Waals surface area contributed by atoms with E-state index in [1.54, 1.807) is 0 Å². The van der Waals surface area contributed by atoms with Crippen molar-refractivity contribution in [2.45, 2.75) is 40.2 Å². The molecule has 0 bridgehead atoms. The zero-order valence-corrected chi connectivity index (χ0v) is 11.1. The molecular weight excluding hydrogens is 210 g/mol. The number of para-hydroxylation sites is 1. The van der Waals surface area contributed by atoms with E-state index in [1.807, 2.05) is 12.1 Å². The highest BCUT2D eigenvalue weighted by molar-refractivity contribution is 5.87. The van der Waals surface area contributed by atoms with Gasteiger partial charge in [0.15, 0.2) is 0 Å². The van der Waals surface area contributed by atoms with E-state index in [4.69, 9.17) is 10.7 Å². The zero-order valence-electron chi connectivity index (χ0n) is 11.1. The molecule has 0 aliphatic carbocycles. The monoisotopic (exact) mass is 231 g/mol. The summed E-state index contributed by atoms with van der Waals surface area (Å²) in [7, 11) is 0. The highest BCUT2D eigenvalue weighted by Gasteiger charge is 2.15. The van der Waals surface area contributed by atoms with E-state index in [9.17, 15) is 0 Å². The first kappa shape index (κ1) is 12.0. The van der Waals surface area contributed by atoms with Gasteiger partial charge in [0.25, 0.3) is 0 Å². The van der Waals surface area contributed by atoms with Gasteiger partial charge in [-0.2, -0.15) is 0 Å². The molecule has 92 valence electrons. The van der Waals surface area contributed by atoms with Crippen LogP contribution in [0.5, 0.6) is 0 Å². The largest absolute Gasteiger partial charge is 0.397 e. The summed E-state index contributed by atoms with van der Waals surface area (Å²) in [6, 6.07) is 6.43. The first-order chi connectivity index (χ1) is 8.00. The van der Waals surface area contributed by atoms with Crippen LogP contribution in [0.15, 0.2) is 18.2 Å². The van der Waals surface area contributed by atoms with E-state index in [0.717, 1.165) is 29.0 Å². The molecule has 0 spiro atoms. The summed E-state index contributed by atoms with van der Waals surface area (Å²) in [5, 5.41) is 0. The van der Waals surface area contributed by atoms with Crippen molar-refractivity contribution in [3.05, 3.63) is 24.0 Å². The summed E-state index contributed by atoms with van der Waals surface area (Å²) in [6.45, 7) is 8.81. The Bertz CT molecular complexity index is 523. The maximum absolute atomic E-state index is 5.99. The standard InChI is InChI=1S/C14H21N3/c1-9(2)8-13-16-14-11(15)6-5-7-12(14)17(13)10(3)4/h5-7,9-10H,8,15H2,1-4H3. The van der Waals surface area contributed by atoms with Crippen molar-refractivity contribution >= 4 is 16.7 Å². The molecule has 0 amide bonds. The number of nitrogens with zero attached hydrogens (tertiary/aromatic N) is 2. The van der Waals surface area contributed by atoms with E-state index >= 15 is 0 Å². The Hall–Kier alpha value is -1.51. The van der Waals surface area contributed by atoms with Crippen LogP contribution in [0.4, 0.5) is 5.69 Å². The number of benzene rings is 1. The van der Waals surface area contributed by atoms with Gasteiger partial charge in [-0.15, -0.1) is 0 Å². The number of aromatic nitrogens is 2. The minimum atomic E-state index is 0.413. The van der Waals surface area contributed by atoms with Crippen LogP contribution < -0.4 is 5.73 Å². The van der Waals surface area contributed by atoms with Crippen molar-refractivity contribution < 1.29 is 0 Å². The van der Waals surface area contributed by atoms with Crippen LogP contribution in [0, 0.1) is 5.92 Å². The predicted molar refractivity (Wildman–Crippen MR) is 73.1 cm³/mol. The molecule has 0 radical (unpaired) electrons. The van der Waals surface area contributed by atoms with Gasteiger partial charge in [0.2, 0.25) is 0 Å². The van der Waals surface area contributed by atoms with Crippen molar-refractivity contribution in [1.29, 1.82) is 0 Å². The molecule has 17 heavy (non-hydrogen) atoms. The third-order valence-electron chi connectivity index (χ3n) is 2.93. The number of anilines is 1. The highest BCUT2D eigenvalue weighted by atomic mass is 15.1. The molecule has 0 unspecified atom stereocenters. The van der Waals surface area contributed by atoms with Crippen LogP contribution >= 0.6 is 0 Å². The number of rotatable bonds is 3. The lowest BCUT2D eigenvalue weighted by Crippen LogP contribution is -2.08. The molecule has 3 heteroatoms. The van der Waals surface area contributed by atoms with Gasteiger partial charge in [0, 0.05) is 12.5 Å². The lowest BCUT2D eigenvalue weighted by Gasteiger charge is -2.14. The van der Waals surface area contributed by atoms with Crippen molar-refractivity contribution in [1.82, 2.24) is 9.55 Å². The van der Waals surface area contributed by atoms with E-state index in [2.05, 4.69) is 38.3 Å². The molecule has 1 heterocycles. The first-order valence-electron chi connectivity index (χ1n) is 6.26. The van der Waals surface area contributed by atoms with Gasteiger partial charge in [-0.3, -0.25) is 0 Å². The SMILES string of the molecule is CC(C)Cc1nc2c(N)cccc2n1C(C)C. The molecule has 0 fully saturated rings. The van der Waals surface area contributed by atoms with Crippen LogP contribution in [0.1, 0.15) is 39.6 Å². The van der Waals surface area contributed by atoms with Gasteiger partial charge in [0.1, 0.15) is 11.3 Å². The Morgan fingerprint density at radius 1 is 1.24 bits per heavy atom. The Labute approximate surface area is 103 Å². The molecule has 0 saturated carbocycles. The first-order valence-corrected chi connectivity index (χ1v) is 6.26. The van der Waals surface area contributed by atoms with Crippen molar-refractivity contribution in [3.63, 3.8) is 0 Å². The van der Waals surface area contributed by atoms with Gasteiger partial charge in [-0.1, -0.05) is 19.9 Å². The third-order valence-corrected chi connectivity index (χ3v) is 2.93. The average molecular weight is 231 g/mol. The predicted octanol–water partition coefficient (Wildman–Crippen LogP) is 3.40. The quantitative estimate of drug-likeness (QED) is 0.823. The Morgan fingerprint density at radius 2 is 1.94 bits per heavy atom. The fourth-order valence-electron chi connectivity index (χ4n) is 2.27. The van der Waals surface area contributed by atoms with E-state index < -0.39 is 0 Å². The maximum atomic E-state index is 5.99. The number of hydrogen-bond acceptors (Lipinski definition) is 2. The van der Waals surface area contributed by atoms with Crippen LogP contribution in [-0.4, -0.2) is 9.55 Å². The second kappa shape index (κ2) is 4.40. The molecule has 3 nitrogen and oxygen atoms in total.